The second-order valence-corrected chi connectivity index (χ2v) is 5.03. The Morgan fingerprint density at radius 1 is 1.12 bits per heavy atom. The number of amides is 3. The van der Waals surface area contributed by atoms with Crippen LogP contribution in [0.1, 0.15) is 18.4 Å². The Balaban J connectivity index is 2.96. The van der Waals surface area contributed by atoms with Gasteiger partial charge in [0.15, 0.2) is 0 Å². The lowest BCUT2D eigenvalue weighted by Gasteiger charge is -2.28. The smallest absolute Gasteiger partial charge is 0.408 e. The van der Waals surface area contributed by atoms with Crippen molar-refractivity contribution in [3.63, 3.8) is 0 Å². The van der Waals surface area contributed by atoms with Crippen molar-refractivity contribution in [2.75, 3.05) is 6.54 Å². The highest BCUT2D eigenvalue weighted by Crippen LogP contribution is 2.13. The van der Waals surface area contributed by atoms with Gasteiger partial charge in [0.1, 0.15) is 12.6 Å². The maximum absolute atomic E-state index is 12.2. The third-order valence-electron chi connectivity index (χ3n) is 3.20. The summed E-state index contributed by atoms with van der Waals surface area (Å²) in [7, 11) is 0. The lowest BCUT2D eigenvalue weighted by Crippen LogP contribution is -2.50. The van der Waals surface area contributed by atoms with E-state index in [4.69, 9.17) is 10.8 Å². The van der Waals surface area contributed by atoms with Crippen LogP contribution in [0.3, 0.4) is 0 Å². The Hall–Kier alpha value is -3.10. The summed E-state index contributed by atoms with van der Waals surface area (Å²) >= 11 is 0. The van der Waals surface area contributed by atoms with E-state index in [1.54, 1.807) is 30.3 Å². The zero-order valence-electron chi connectivity index (χ0n) is 12.8. The van der Waals surface area contributed by atoms with Crippen molar-refractivity contribution in [3.05, 3.63) is 35.9 Å². The van der Waals surface area contributed by atoms with Gasteiger partial charge in [-0.3, -0.25) is 19.3 Å². The third-order valence-corrected chi connectivity index (χ3v) is 3.20. The summed E-state index contributed by atoms with van der Waals surface area (Å²) in [6.07, 6.45) is -1.71. The van der Waals surface area contributed by atoms with Crippen molar-refractivity contribution in [2.45, 2.75) is 25.4 Å². The van der Waals surface area contributed by atoms with E-state index in [9.17, 15) is 24.3 Å². The molecule has 1 rings (SSSR count). The first-order chi connectivity index (χ1) is 11.3. The van der Waals surface area contributed by atoms with Crippen LogP contribution in [0.2, 0.25) is 0 Å². The molecule has 9 heteroatoms. The van der Waals surface area contributed by atoms with Gasteiger partial charge in [-0.25, -0.2) is 4.79 Å². The largest absolute Gasteiger partial charge is 0.480 e. The van der Waals surface area contributed by atoms with Crippen LogP contribution >= 0.6 is 0 Å². The molecular formula is C15H19N3O6. The van der Waals surface area contributed by atoms with Crippen LogP contribution in [-0.2, 0) is 20.9 Å². The summed E-state index contributed by atoms with van der Waals surface area (Å²) in [5, 5.41) is 20.2. The number of hydrogen-bond acceptors (Lipinski definition) is 4. The summed E-state index contributed by atoms with van der Waals surface area (Å²) in [5.41, 5.74) is 5.71. The molecule has 130 valence electrons. The minimum atomic E-state index is -1.36. The van der Waals surface area contributed by atoms with Crippen LogP contribution in [0.25, 0.3) is 0 Å². The summed E-state index contributed by atoms with van der Waals surface area (Å²) in [6, 6.07) is 7.36. The Morgan fingerprint density at radius 3 is 2.25 bits per heavy atom. The molecule has 0 spiro atoms. The zero-order chi connectivity index (χ0) is 18.1. The molecule has 0 bridgehead atoms. The highest BCUT2D eigenvalue weighted by atomic mass is 16.4. The molecule has 3 amide bonds. The molecule has 9 nitrogen and oxygen atoms in total. The molecule has 0 unspecified atom stereocenters. The molecule has 24 heavy (non-hydrogen) atoms. The number of carbonyl (C=O) groups is 4. The summed E-state index contributed by atoms with van der Waals surface area (Å²) in [4.78, 5) is 46.1. The van der Waals surface area contributed by atoms with Crippen LogP contribution < -0.4 is 11.1 Å². The monoisotopic (exact) mass is 337 g/mol. The summed E-state index contributed by atoms with van der Waals surface area (Å²) in [6.45, 7) is -0.731. The minimum Gasteiger partial charge on any atom is -0.480 e. The van der Waals surface area contributed by atoms with Crippen molar-refractivity contribution in [2.24, 2.45) is 5.73 Å². The lowest BCUT2D eigenvalue weighted by atomic mass is 10.1. The Kier molecular flexibility index (Phi) is 7.21. The molecule has 0 aliphatic rings. The van der Waals surface area contributed by atoms with Crippen molar-refractivity contribution >= 4 is 23.9 Å². The van der Waals surface area contributed by atoms with Gasteiger partial charge in [-0.05, 0) is 12.0 Å². The second kappa shape index (κ2) is 9.13. The number of nitrogens with zero attached hydrogens (tertiary/aromatic N) is 1. The maximum Gasteiger partial charge on any atom is 0.408 e. The molecule has 0 aliphatic carbocycles. The molecule has 0 saturated carbocycles. The minimum absolute atomic E-state index is 0.0832. The molecule has 0 aromatic heterocycles. The second-order valence-electron chi connectivity index (χ2n) is 5.03. The first kappa shape index (κ1) is 18.9. The molecule has 1 aromatic rings. The van der Waals surface area contributed by atoms with Gasteiger partial charge >= 0.3 is 12.1 Å². The fraction of sp³-hybridized carbons (Fsp3) is 0.333. The summed E-state index contributed by atoms with van der Waals surface area (Å²) in [5.74, 6) is -2.74. The molecule has 1 aromatic carbocycles. The van der Waals surface area contributed by atoms with Gasteiger partial charge in [-0.1, -0.05) is 30.3 Å². The van der Waals surface area contributed by atoms with Crippen molar-refractivity contribution in [1.29, 1.82) is 0 Å². The normalized spacial score (nSPS) is 11.3. The van der Waals surface area contributed by atoms with Crippen LogP contribution in [0.15, 0.2) is 30.3 Å². The Bertz CT molecular complexity index is 604. The van der Waals surface area contributed by atoms with E-state index in [0.29, 0.717) is 5.56 Å². The van der Waals surface area contributed by atoms with E-state index in [1.165, 1.54) is 0 Å². The first-order valence-electron chi connectivity index (χ1n) is 7.12. The quantitative estimate of drug-likeness (QED) is 0.498. The standard InChI is InChI=1S/C15H19N3O6/c16-12(19)7-6-11(14(22)17-8-13(20)21)18(15(23)24)9-10-4-2-1-3-5-10/h1-5,11H,6-9H2,(H2,16,19)(H,17,22)(H,20,21)(H,23,24)/t11-/m0/s1. The molecule has 0 saturated heterocycles. The SMILES string of the molecule is NC(=O)CC[C@@H](C(=O)NCC(=O)O)N(Cc1ccccc1)C(=O)O. The number of carbonyl (C=O) groups excluding carboxylic acids is 2. The topological polar surface area (TPSA) is 150 Å². The number of carboxylic acid groups (broad SMARTS) is 2. The van der Waals surface area contributed by atoms with Crippen LogP contribution in [-0.4, -0.2) is 51.6 Å². The molecule has 0 radical (unpaired) electrons. The number of primary amides is 1. The van der Waals surface area contributed by atoms with E-state index in [1.807, 2.05) is 0 Å². The van der Waals surface area contributed by atoms with Gasteiger partial charge in [-0.2, -0.15) is 0 Å². The molecule has 0 fully saturated rings. The Labute approximate surface area is 138 Å². The number of aliphatic carboxylic acids is 1. The number of nitrogens with two attached hydrogens (primary N) is 1. The highest BCUT2D eigenvalue weighted by molar-refractivity contribution is 5.88. The fourth-order valence-electron chi connectivity index (χ4n) is 2.08. The third kappa shape index (κ3) is 6.34. The first-order valence-corrected chi connectivity index (χ1v) is 7.12. The highest BCUT2D eigenvalue weighted by Gasteiger charge is 2.30. The van der Waals surface area contributed by atoms with E-state index in [0.717, 1.165) is 4.90 Å². The van der Waals surface area contributed by atoms with Crippen LogP contribution in [0, 0.1) is 0 Å². The molecule has 0 heterocycles. The fourth-order valence-corrected chi connectivity index (χ4v) is 2.08. The summed E-state index contributed by atoms with van der Waals surface area (Å²) < 4.78 is 0. The average Bonchev–Trinajstić information content (AvgIpc) is 2.52. The van der Waals surface area contributed by atoms with Crippen LogP contribution in [0.4, 0.5) is 4.79 Å². The van der Waals surface area contributed by atoms with E-state index in [-0.39, 0.29) is 19.4 Å². The number of carboxylic acids is 1. The van der Waals surface area contributed by atoms with Gasteiger partial charge in [0.25, 0.3) is 0 Å². The number of nitrogens with one attached hydrogen (secondary N) is 1. The van der Waals surface area contributed by atoms with Gasteiger partial charge in [-0.15, -0.1) is 0 Å². The Morgan fingerprint density at radius 2 is 1.75 bits per heavy atom. The van der Waals surface area contributed by atoms with Crippen molar-refractivity contribution in [1.82, 2.24) is 10.2 Å². The van der Waals surface area contributed by atoms with E-state index in [2.05, 4.69) is 5.32 Å². The van der Waals surface area contributed by atoms with Gasteiger partial charge < -0.3 is 21.3 Å². The van der Waals surface area contributed by atoms with Crippen LogP contribution in [0.5, 0.6) is 0 Å². The molecule has 5 N–H and O–H groups in total. The molecular weight excluding hydrogens is 318 g/mol. The van der Waals surface area contributed by atoms with E-state index >= 15 is 0 Å². The van der Waals surface area contributed by atoms with Gasteiger partial charge in [0, 0.05) is 13.0 Å². The van der Waals surface area contributed by atoms with E-state index < -0.39 is 36.5 Å². The maximum atomic E-state index is 12.2. The van der Waals surface area contributed by atoms with Crippen molar-refractivity contribution in [3.8, 4) is 0 Å². The number of hydrogen-bond donors (Lipinski definition) is 4. The lowest BCUT2D eigenvalue weighted by molar-refractivity contribution is -0.138. The molecule has 1 atom stereocenters. The average molecular weight is 337 g/mol. The molecule has 0 aliphatic heterocycles. The van der Waals surface area contributed by atoms with Gasteiger partial charge in [0.2, 0.25) is 11.8 Å². The number of benzene rings is 1. The number of rotatable bonds is 9. The van der Waals surface area contributed by atoms with Gasteiger partial charge in [0.05, 0.1) is 0 Å². The predicted molar refractivity (Wildman–Crippen MR) is 82.9 cm³/mol. The van der Waals surface area contributed by atoms with Crippen molar-refractivity contribution < 1.29 is 29.4 Å². The predicted octanol–water partition coefficient (Wildman–Crippen LogP) is 0.00150. The zero-order valence-corrected chi connectivity index (χ0v) is 12.8.